The molecule has 5 nitrogen and oxygen atoms in total. The zero-order valence-electron chi connectivity index (χ0n) is 7.87. The first-order valence-corrected chi connectivity index (χ1v) is 4.88. The number of anilines is 1. The average molecular weight is 256 g/mol. The predicted molar refractivity (Wildman–Crippen MR) is 57.6 cm³/mol. The van der Waals surface area contributed by atoms with Gasteiger partial charge >= 0.3 is 0 Å². The van der Waals surface area contributed by atoms with Crippen LogP contribution in [0.4, 0.5) is 5.82 Å². The van der Waals surface area contributed by atoms with Gasteiger partial charge in [0.05, 0.1) is 5.69 Å². The fraction of sp³-hybridized carbons (Fsp3) is 0.250. The average Bonchev–Trinajstić information content (AvgIpc) is 2.61. The van der Waals surface area contributed by atoms with Crippen LogP contribution < -0.4 is 5.73 Å². The number of nitrogens with zero attached hydrogens (tertiary/aromatic N) is 3. The highest BCUT2D eigenvalue weighted by atomic mass is 79.9. The molecule has 2 aromatic rings. The lowest BCUT2D eigenvalue weighted by molar-refractivity contribution is 0.881. The molecule has 2 heterocycles. The van der Waals surface area contributed by atoms with Crippen LogP contribution in [0.1, 0.15) is 5.56 Å². The van der Waals surface area contributed by atoms with Gasteiger partial charge in [0.1, 0.15) is 11.5 Å². The van der Waals surface area contributed by atoms with E-state index in [1.165, 1.54) is 0 Å². The molecule has 0 unspecified atom stereocenters. The number of hydrogen-bond donors (Lipinski definition) is 2. The molecular weight excluding hydrogens is 246 g/mol. The van der Waals surface area contributed by atoms with E-state index in [0.717, 1.165) is 21.7 Å². The minimum atomic E-state index is 0.516. The summed E-state index contributed by atoms with van der Waals surface area (Å²) in [7, 11) is 1.91. The normalized spacial score (nSPS) is 10.8. The van der Waals surface area contributed by atoms with Crippen molar-refractivity contribution in [2.75, 3.05) is 5.73 Å². The molecule has 0 atom stereocenters. The van der Waals surface area contributed by atoms with Gasteiger partial charge < -0.3 is 10.3 Å². The van der Waals surface area contributed by atoms with Gasteiger partial charge in [-0.25, -0.2) is 4.98 Å². The molecule has 0 aromatic carbocycles. The molecule has 0 amide bonds. The van der Waals surface area contributed by atoms with Crippen molar-refractivity contribution in [3.05, 3.63) is 16.5 Å². The quantitative estimate of drug-likeness (QED) is 0.811. The van der Waals surface area contributed by atoms with E-state index in [9.17, 15) is 0 Å². The molecule has 0 spiro atoms. The third kappa shape index (κ3) is 1.31. The van der Waals surface area contributed by atoms with Gasteiger partial charge in [-0.2, -0.15) is 5.10 Å². The van der Waals surface area contributed by atoms with E-state index in [-0.39, 0.29) is 0 Å². The van der Waals surface area contributed by atoms with Crippen LogP contribution in [-0.4, -0.2) is 19.7 Å². The number of hydrogen-bond acceptors (Lipinski definition) is 3. The van der Waals surface area contributed by atoms with Gasteiger partial charge in [0, 0.05) is 18.8 Å². The highest BCUT2D eigenvalue weighted by molar-refractivity contribution is 9.10. The summed E-state index contributed by atoms with van der Waals surface area (Å²) in [6.45, 7) is 1.91. The third-order valence-corrected chi connectivity index (χ3v) is 2.86. The van der Waals surface area contributed by atoms with Gasteiger partial charge in [-0.3, -0.25) is 5.10 Å². The highest BCUT2D eigenvalue weighted by Gasteiger charge is 2.11. The standard InChI is InChI=1S/C8H10BrN5/c1-4-6(12-13-7(4)10)5-3-14(2)8(9)11-5/h3H,1-2H3,(H3,10,12,13). The SMILES string of the molecule is Cc1c(N)n[nH]c1-c1cn(C)c(Br)n1. The maximum absolute atomic E-state index is 5.63. The zero-order chi connectivity index (χ0) is 10.3. The van der Waals surface area contributed by atoms with E-state index in [0.29, 0.717) is 5.82 Å². The summed E-state index contributed by atoms with van der Waals surface area (Å²) < 4.78 is 2.66. The van der Waals surface area contributed by atoms with Crippen molar-refractivity contribution >= 4 is 21.7 Å². The largest absolute Gasteiger partial charge is 0.382 e. The Labute approximate surface area is 89.5 Å². The van der Waals surface area contributed by atoms with Crippen LogP contribution in [0.2, 0.25) is 0 Å². The summed E-state index contributed by atoms with van der Waals surface area (Å²) in [5.74, 6) is 0.516. The van der Waals surface area contributed by atoms with Gasteiger partial charge in [-0.15, -0.1) is 0 Å². The number of aromatic amines is 1. The Morgan fingerprint density at radius 2 is 2.29 bits per heavy atom. The van der Waals surface area contributed by atoms with Crippen LogP contribution in [-0.2, 0) is 7.05 Å². The van der Waals surface area contributed by atoms with Crippen LogP contribution in [0.25, 0.3) is 11.4 Å². The number of H-pyrrole nitrogens is 1. The lowest BCUT2D eigenvalue weighted by Crippen LogP contribution is -1.86. The van der Waals surface area contributed by atoms with E-state index < -0.39 is 0 Å². The first-order chi connectivity index (χ1) is 6.59. The number of nitrogen functional groups attached to an aromatic ring is 1. The second-order valence-corrected chi connectivity index (χ2v) is 3.82. The number of halogens is 1. The number of imidazole rings is 1. The Morgan fingerprint density at radius 3 is 2.71 bits per heavy atom. The molecule has 74 valence electrons. The number of aryl methyl sites for hydroxylation is 1. The van der Waals surface area contributed by atoms with Gasteiger partial charge in [0.25, 0.3) is 0 Å². The zero-order valence-corrected chi connectivity index (χ0v) is 9.46. The minimum absolute atomic E-state index is 0.516. The Morgan fingerprint density at radius 1 is 1.57 bits per heavy atom. The third-order valence-electron chi connectivity index (χ3n) is 2.12. The van der Waals surface area contributed by atoms with E-state index in [2.05, 4.69) is 31.1 Å². The fourth-order valence-corrected chi connectivity index (χ4v) is 1.52. The van der Waals surface area contributed by atoms with Crippen LogP contribution in [0.15, 0.2) is 10.9 Å². The Hall–Kier alpha value is -1.30. The van der Waals surface area contributed by atoms with Crippen LogP contribution in [0, 0.1) is 6.92 Å². The molecule has 0 saturated carbocycles. The van der Waals surface area contributed by atoms with Gasteiger partial charge in [0.2, 0.25) is 0 Å². The molecule has 0 fully saturated rings. The first-order valence-electron chi connectivity index (χ1n) is 4.09. The second kappa shape index (κ2) is 3.13. The molecule has 0 aliphatic heterocycles. The minimum Gasteiger partial charge on any atom is -0.382 e. The number of nitrogens with two attached hydrogens (primary N) is 1. The molecule has 0 bridgehead atoms. The molecule has 0 aliphatic carbocycles. The summed E-state index contributed by atoms with van der Waals surface area (Å²) in [5.41, 5.74) is 8.26. The number of nitrogens with one attached hydrogen (secondary N) is 1. The maximum Gasteiger partial charge on any atom is 0.177 e. The molecule has 6 heteroatoms. The molecule has 2 aromatic heterocycles. The number of aromatic nitrogens is 4. The summed E-state index contributed by atoms with van der Waals surface area (Å²) in [4.78, 5) is 4.31. The van der Waals surface area contributed by atoms with E-state index in [1.807, 2.05) is 24.7 Å². The summed E-state index contributed by atoms with van der Waals surface area (Å²) >= 11 is 3.33. The Kier molecular flexibility index (Phi) is 2.07. The van der Waals surface area contributed by atoms with Crippen LogP contribution in [0.3, 0.4) is 0 Å². The molecule has 0 radical (unpaired) electrons. The van der Waals surface area contributed by atoms with Crippen molar-refractivity contribution in [3.63, 3.8) is 0 Å². The first kappa shape index (κ1) is 9.26. The van der Waals surface area contributed by atoms with Gasteiger partial charge in [-0.05, 0) is 22.9 Å². The van der Waals surface area contributed by atoms with Gasteiger partial charge in [0.15, 0.2) is 4.73 Å². The van der Waals surface area contributed by atoms with Crippen molar-refractivity contribution in [2.45, 2.75) is 6.92 Å². The van der Waals surface area contributed by atoms with Crippen molar-refractivity contribution in [1.82, 2.24) is 19.7 Å². The topological polar surface area (TPSA) is 72.5 Å². The molecule has 3 N–H and O–H groups in total. The van der Waals surface area contributed by atoms with E-state index >= 15 is 0 Å². The second-order valence-electron chi connectivity index (χ2n) is 3.11. The predicted octanol–water partition coefficient (Wildman–Crippen LogP) is 1.46. The lowest BCUT2D eigenvalue weighted by Gasteiger charge is -1.92. The maximum atomic E-state index is 5.63. The molecular formula is C8H10BrN5. The van der Waals surface area contributed by atoms with Crippen LogP contribution in [0.5, 0.6) is 0 Å². The summed E-state index contributed by atoms with van der Waals surface area (Å²) in [6.07, 6.45) is 1.91. The molecule has 0 saturated heterocycles. The highest BCUT2D eigenvalue weighted by Crippen LogP contribution is 2.24. The van der Waals surface area contributed by atoms with Crippen molar-refractivity contribution < 1.29 is 0 Å². The van der Waals surface area contributed by atoms with Crippen molar-refractivity contribution in [3.8, 4) is 11.4 Å². The molecule has 0 aliphatic rings. The van der Waals surface area contributed by atoms with Gasteiger partial charge in [-0.1, -0.05) is 0 Å². The Balaban J connectivity index is 2.54. The molecule has 14 heavy (non-hydrogen) atoms. The van der Waals surface area contributed by atoms with E-state index in [4.69, 9.17) is 5.73 Å². The monoisotopic (exact) mass is 255 g/mol. The van der Waals surface area contributed by atoms with E-state index in [1.54, 1.807) is 0 Å². The fourth-order valence-electron chi connectivity index (χ4n) is 1.23. The van der Waals surface area contributed by atoms with Crippen molar-refractivity contribution in [2.24, 2.45) is 7.05 Å². The lowest BCUT2D eigenvalue weighted by atomic mass is 10.2. The summed E-state index contributed by atoms with van der Waals surface area (Å²) in [5, 5.41) is 6.78. The Bertz CT molecular complexity index is 451. The smallest absolute Gasteiger partial charge is 0.177 e. The molecule has 2 rings (SSSR count). The number of rotatable bonds is 1. The van der Waals surface area contributed by atoms with Crippen molar-refractivity contribution in [1.29, 1.82) is 0 Å². The van der Waals surface area contributed by atoms with Crippen LogP contribution >= 0.6 is 15.9 Å². The summed E-state index contributed by atoms with van der Waals surface area (Å²) in [6, 6.07) is 0.